The molecule has 0 saturated carbocycles. The van der Waals surface area contributed by atoms with Crippen LogP contribution >= 0.6 is 22.9 Å². The van der Waals surface area contributed by atoms with Crippen LogP contribution in [0.5, 0.6) is 0 Å². The first-order valence-corrected chi connectivity index (χ1v) is 5.67. The van der Waals surface area contributed by atoms with E-state index in [-0.39, 0.29) is 0 Å². The molecule has 0 bridgehead atoms. The van der Waals surface area contributed by atoms with E-state index in [9.17, 15) is 0 Å². The minimum atomic E-state index is 0.751. The Morgan fingerprint density at radius 3 is 2.73 bits per heavy atom. The van der Waals surface area contributed by atoms with Gasteiger partial charge in [0.15, 0.2) is 0 Å². The van der Waals surface area contributed by atoms with Crippen LogP contribution in [0, 0.1) is 6.92 Å². The number of thiophene rings is 1. The Bertz CT molecular complexity index is 481. The van der Waals surface area contributed by atoms with Crippen molar-refractivity contribution in [1.82, 2.24) is 9.97 Å². The number of nitrogens with one attached hydrogen (secondary N) is 1. The summed E-state index contributed by atoms with van der Waals surface area (Å²) in [5, 5.41) is 3.01. The van der Waals surface area contributed by atoms with E-state index in [2.05, 4.69) is 15.3 Å². The van der Waals surface area contributed by atoms with Crippen LogP contribution < -0.4 is 5.32 Å². The quantitative estimate of drug-likeness (QED) is 0.875. The Morgan fingerprint density at radius 2 is 2.13 bits per heavy atom. The smallest absolute Gasteiger partial charge is 0.130 e. The molecule has 0 spiro atoms. The molecule has 0 fully saturated rings. The summed E-state index contributed by atoms with van der Waals surface area (Å²) in [6.07, 6.45) is 0. The molecule has 0 unspecified atom stereocenters. The van der Waals surface area contributed by atoms with Crippen molar-refractivity contribution in [2.75, 3.05) is 12.4 Å². The van der Waals surface area contributed by atoms with E-state index in [1.165, 1.54) is 11.3 Å². The molecule has 0 aromatic carbocycles. The van der Waals surface area contributed by atoms with Crippen molar-refractivity contribution < 1.29 is 0 Å². The van der Waals surface area contributed by atoms with Gasteiger partial charge in [0, 0.05) is 13.1 Å². The number of aromatic nitrogens is 2. The summed E-state index contributed by atoms with van der Waals surface area (Å²) >= 11 is 7.40. The van der Waals surface area contributed by atoms with Gasteiger partial charge >= 0.3 is 0 Å². The molecule has 5 heteroatoms. The largest absolute Gasteiger partial charge is 0.373 e. The predicted octanol–water partition coefficient (Wildman–Crippen LogP) is 3.21. The predicted molar refractivity (Wildman–Crippen MR) is 64.6 cm³/mol. The molecule has 15 heavy (non-hydrogen) atoms. The first kappa shape index (κ1) is 10.4. The maximum Gasteiger partial charge on any atom is 0.130 e. The highest BCUT2D eigenvalue weighted by molar-refractivity contribution is 7.19. The van der Waals surface area contributed by atoms with E-state index < -0.39 is 0 Å². The normalized spacial score (nSPS) is 10.3. The van der Waals surface area contributed by atoms with Crippen LogP contribution in [-0.4, -0.2) is 17.0 Å². The van der Waals surface area contributed by atoms with Gasteiger partial charge in [-0.3, -0.25) is 0 Å². The summed E-state index contributed by atoms with van der Waals surface area (Å²) in [5.74, 6) is 1.57. The first-order valence-electron chi connectivity index (χ1n) is 4.48. The monoisotopic (exact) mass is 239 g/mol. The highest BCUT2D eigenvalue weighted by Gasteiger charge is 2.05. The Labute approximate surface area is 97.2 Å². The zero-order valence-electron chi connectivity index (χ0n) is 8.41. The van der Waals surface area contributed by atoms with E-state index in [0.717, 1.165) is 26.5 Å². The summed E-state index contributed by atoms with van der Waals surface area (Å²) in [6, 6.07) is 5.75. The number of halogens is 1. The van der Waals surface area contributed by atoms with Gasteiger partial charge in [0.05, 0.1) is 14.9 Å². The van der Waals surface area contributed by atoms with E-state index in [1.807, 2.05) is 32.2 Å². The zero-order valence-corrected chi connectivity index (χ0v) is 9.99. The van der Waals surface area contributed by atoms with Crippen LogP contribution in [0.4, 0.5) is 5.82 Å². The maximum absolute atomic E-state index is 5.88. The lowest BCUT2D eigenvalue weighted by Gasteiger charge is -2.03. The number of rotatable bonds is 2. The standard InChI is InChI=1S/C10H10ClN3S/c1-6-13-7(5-10(12-2)14-6)8-3-4-9(11)15-8/h3-5H,1-2H3,(H,12,13,14). The maximum atomic E-state index is 5.88. The van der Waals surface area contributed by atoms with Gasteiger partial charge < -0.3 is 5.32 Å². The molecule has 2 heterocycles. The number of aryl methyl sites for hydroxylation is 1. The van der Waals surface area contributed by atoms with Crippen LogP contribution in [0.1, 0.15) is 5.82 Å². The molecule has 3 nitrogen and oxygen atoms in total. The Hall–Kier alpha value is -1.13. The molecular weight excluding hydrogens is 230 g/mol. The Balaban J connectivity index is 2.48. The van der Waals surface area contributed by atoms with Gasteiger partial charge in [0.25, 0.3) is 0 Å². The lowest BCUT2D eigenvalue weighted by molar-refractivity contribution is 1.06. The molecule has 0 atom stereocenters. The minimum absolute atomic E-state index is 0.751. The SMILES string of the molecule is CNc1cc(-c2ccc(Cl)s2)nc(C)n1. The number of anilines is 1. The minimum Gasteiger partial charge on any atom is -0.373 e. The topological polar surface area (TPSA) is 37.8 Å². The highest BCUT2D eigenvalue weighted by atomic mass is 35.5. The molecule has 2 rings (SSSR count). The van der Waals surface area contributed by atoms with Crippen LogP contribution in [0.25, 0.3) is 10.6 Å². The number of hydrogen-bond acceptors (Lipinski definition) is 4. The van der Waals surface area contributed by atoms with Gasteiger partial charge in [-0.1, -0.05) is 11.6 Å². The third-order valence-corrected chi connectivity index (χ3v) is 3.17. The molecule has 0 aliphatic heterocycles. The van der Waals surface area contributed by atoms with Gasteiger partial charge in [-0.05, 0) is 19.1 Å². The van der Waals surface area contributed by atoms with Crippen LogP contribution in [0.2, 0.25) is 4.34 Å². The molecular formula is C10H10ClN3S. The second kappa shape index (κ2) is 4.16. The third-order valence-electron chi connectivity index (χ3n) is 1.92. The van der Waals surface area contributed by atoms with Crippen molar-refractivity contribution >= 4 is 28.8 Å². The average Bonchev–Trinajstić information content (AvgIpc) is 2.64. The number of nitrogens with zero attached hydrogens (tertiary/aromatic N) is 2. The summed E-state index contributed by atoms with van der Waals surface area (Å²) < 4.78 is 0.771. The fourth-order valence-corrected chi connectivity index (χ4v) is 2.28. The molecule has 1 N–H and O–H groups in total. The average molecular weight is 240 g/mol. The number of hydrogen-bond donors (Lipinski definition) is 1. The second-order valence-electron chi connectivity index (χ2n) is 3.04. The van der Waals surface area contributed by atoms with Gasteiger partial charge in [0.1, 0.15) is 11.6 Å². The van der Waals surface area contributed by atoms with Gasteiger partial charge in [-0.15, -0.1) is 11.3 Å². The fraction of sp³-hybridized carbons (Fsp3) is 0.200. The lowest BCUT2D eigenvalue weighted by Crippen LogP contribution is -1.97. The van der Waals surface area contributed by atoms with Crippen molar-refractivity contribution in [3.8, 4) is 10.6 Å². The summed E-state index contributed by atoms with van der Waals surface area (Å²) in [7, 11) is 1.84. The second-order valence-corrected chi connectivity index (χ2v) is 4.75. The van der Waals surface area contributed by atoms with Gasteiger partial charge in [0.2, 0.25) is 0 Å². The third kappa shape index (κ3) is 2.27. The zero-order chi connectivity index (χ0) is 10.8. The molecule has 0 aliphatic rings. The van der Waals surface area contributed by atoms with Crippen molar-refractivity contribution in [3.63, 3.8) is 0 Å². The van der Waals surface area contributed by atoms with Crippen molar-refractivity contribution in [2.24, 2.45) is 0 Å². The van der Waals surface area contributed by atoms with Gasteiger partial charge in [-0.25, -0.2) is 9.97 Å². The summed E-state index contributed by atoms with van der Waals surface area (Å²) in [4.78, 5) is 9.66. The molecule has 0 aliphatic carbocycles. The molecule has 0 radical (unpaired) electrons. The lowest BCUT2D eigenvalue weighted by atomic mass is 10.3. The van der Waals surface area contributed by atoms with E-state index in [1.54, 1.807) is 0 Å². The Morgan fingerprint density at radius 1 is 1.33 bits per heavy atom. The van der Waals surface area contributed by atoms with Crippen molar-refractivity contribution in [2.45, 2.75) is 6.92 Å². The molecule has 0 amide bonds. The van der Waals surface area contributed by atoms with E-state index in [0.29, 0.717) is 0 Å². The van der Waals surface area contributed by atoms with Crippen LogP contribution in [0.3, 0.4) is 0 Å². The van der Waals surface area contributed by atoms with Crippen molar-refractivity contribution in [1.29, 1.82) is 0 Å². The Kier molecular flexibility index (Phi) is 2.88. The fourth-order valence-electron chi connectivity index (χ4n) is 1.27. The molecule has 2 aromatic heterocycles. The summed E-state index contributed by atoms with van der Waals surface area (Å²) in [5.41, 5.74) is 0.906. The van der Waals surface area contributed by atoms with Crippen molar-refractivity contribution in [3.05, 3.63) is 28.4 Å². The van der Waals surface area contributed by atoms with E-state index in [4.69, 9.17) is 11.6 Å². The van der Waals surface area contributed by atoms with Crippen LogP contribution in [-0.2, 0) is 0 Å². The van der Waals surface area contributed by atoms with Gasteiger partial charge in [-0.2, -0.15) is 0 Å². The molecule has 2 aromatic rings. The van der Waals surface area contributed by atoms with E-state index >= 15 is 0 Å². The first-order chi connectivity index (χ1) is 7.19. The molecule has 78 valence electrons. The molecule has 0 saturated heterocycles. The summed E-state index contributed by atoms with van der Waals surface area (Å²) in [6.45, 7) is 1.87. The van der Waals surface area contributed by atoms with Crippen LogP contribution in [0.15, 0.2) is 18.2 Å². The highest BCUT2D eigenvalue weighted by Crippen LogP contribution is 2.30.